The standard InChI is InChI=1S/C13H21NOS/c1-9-6-11(15-4)10(7-12(9)16-5)8-13(2,3)14/h6-7H,8,14H2,1-5H3. The smallest absolute Gasteiger partial charge is 0.122 e. The normalized spacial score (nSPS) is 11.6. The third-order valence-electron chi connectivity index (χ3n) is 2.44. The molecule has 0 radical (unpaired) electrons. The molecule has 1 rings (SSSR count). The van der Waals surface area contributed by atoms with E-state index in [0.29, 0.717) is 0 Å². The molecule has 0 fully saturated rings. The Morgan fingerprint density at radius 2 is 2.00 bits per heavy atom. The molecule has 0 aromatic heterocycles. The summed E-state index contributed by atoms with van der Waals surface area (Å²) in [5.74, 6) is 0.939. The van der Waals surface area contributed by atoms with Gasteiger partial charge in [-0.2, -0.15) is 0 Å². The van der Waals surface area contributed by atoms with E-state index in [1.165, 1.54) is 16.0 Å². The van der Waals surface area contributed by atoms with Crippen molar-refractivity contribution in [1.29, 1.82) is 0 Å². The maximum atomic E-state index is 6.06. The lowest BCUT2D eigenvalue weighted by atomic mass is 9.95. The van der Waals surface area contributed by atoms with E-state index in [0.717, 1.165) is 12.2 Å². The first-order valence-electron chi connectivity index (χ1n) is 5.38. The van der Waals surface area contributed by atoms with E-state index in [1.54, 1.807) is 18.9 Å². The van der Waals surface area contributed by atoms with Gasteiger partial charge in [-0.15, -0.1) is 11.8 Å². The minimum Gasteiger partial charge on any atom is -0.496 e. The molecule has 0 saturated carbocycles. The van der Waals surface area contributed by atoms with E-state index in [2.05, 4.69) is 25.3 Å². The van der Waals surface area contributed by atoms with Crippen molar-refractivity contribution in [2.24, 2.45) is 5.73 Å². The van der Waals surface area contributed by atoms with Crippen LogP contribution < -0.4 is 10.5 Å². The predicted octanol–water partition coefficient (Wildman–Crippen LogP) is 3.01. The maximum absolute atomic E-state index is 6.06. The number of hydrogen-bond donors (Lipinski definition) is 1. The van der Waals surface area contributed by atoms with Crippen LogP contribution >= 0.6 is 11.8 Å². The molecule has 0 spiro atoms. The molecular formula is C13H21NOS. The highest BCUT2D eigenvalue weighted by molar-refractivity contribution is 7.98. The van der Waals surface area contributed by atoms with Gasteiger partial charge in [-0.25, -0.2) is 0 Å². The van der Waals surface area contributed by atoms with Crippen molar-refractivity contribution in [1.82, 2.24) is 0 Å². The van der Waals surface area contributed by atoms with E-state index in [9.17, 15) is 0 Å². The summed E-state index contributed by atoms with van der Waals surface area (Å²) < 4.78 is 5.41. The van der Waals surface area contributed by atoms with Gasteiger partial charge in [0, 0.05) is 10.4 Å². The largest absolute Gasteiger partial charge is 0.496 e. The van der Waals surface area contributed by atoms with Gasteiger partial charge in [0.15, 0.2) is 0 Å². The number of ether oxygens (including phenoxy) is 1. The maximum Gasteiger partial charge on any atom is 0.122 e. The summed E-state index contributed by atoms with van der Waals surface area (Å²) in [6.45, 7) is 6.17. The molecule has 0 saturated heterocycles. The number of rotatable bonds is 4. The van der Waals surface area contributed by atoms with Crippen LogP contribution in [0.5, 0.6) is 5.75 Å². The van der Waals surface area contributed by atoms with Gasteiger partial charge >= 0.3 is 0 Å². The molecule has 0 aliphatic rings. The Morgan fingerprint density at radius 1 is 1.38 bits per heavy atom. The summed E-state index contributed by atoms with van der Waals surface area (Å²) in [5, 5.41) is 0. The Bertz CT molecular complexity index is 369. The molecule has 1 aromatic rings. The zero-order valence-electron chi connectivity index (χ0n) is 10.8. The van der Waals surface area contributed by atoms with Gasteiger partial charge in [0.1, 0.15) is 5.75 Å². The van der Waals surface area contributed by atoms with E-state index in [4.69, 9.17) is 10.5 Å². The van der Waals surface area contributed by atoms with Crippen molar-refractivity contribution >= 4 is 11.8 Å². The van der Waals surface area contributed by atoms with Crippen LogP contribution in [0.2, 0.25) is 0 Å². The molecule has 0 atom stereocenters. The average Bonchev–Trinajstić information content (AvgIpc) is 2.18. The van der Waals surface area contributed by atoms with Crippen LogP contribution in [0.3, 0.4) is 0 Å². The van der Waals surface area contributed by atoms with Crippen LogP contribution in [0.25, 0.3) is 0 Å². The summed E-state index contributed by atoms with van der Waals surface area (Å²) >= 11 is 1.76. The zero-order chi connectivity index (χ0) is 12.3. The highest BCUT2D eigenvalue weighted by Gasteiger charge is 2.16. The van der Waals surface area contributed by atoms with Crippen molar-refractivity contribution in [2.75, 3.05) is 13.4 Å². The van der Waals surface area contributed by atoms with Gasteiger partial charge in [0.2, 0.25) is 0 Å². The molecule has 3 heteroatoms. The van der Waals surface area contributed by atoms with Crippen molar-refractivity contribution < 1.29 is 4.74 Å². The average molecular weight is 239 g/mol. The zero-order valence-corrected chi connectivity index (χ0v) is 11.6. The molecule has 0 bridgehead atoms. The Kier molecular flexibility index (Phi) is 4.28. The lowest BCUT2D eigenvalue weighted by molar-refractivity contribution is 0.401. The summed E-state index contributed by atoms with van der Waals surface area (Å²) in [6.07, 6.45) is 2.91. The van der Waals surface area contributed by atoms with Crippen LogP contribution in [-0.4, -0.2) is 18.9 Å². The van der Waals surface area contributed by atoms with Crippen LogP contribution in [0.15, 0.2) is 17.0 Å². The van der Waals surface area contributed by atoms with Crippen molar-refractivity contribution in [3.05, 3.63) is 23.3 Å². The molecule has 2 nitrogen and oxygen atoms in total. The minimum atomic E-state index is -0.210. The van der Waals surface area contributed by atoms with Gasteiger partial charge < -0.3 is 10.5 Å². The van der Waals surface area contributed by atoms with Crippen molar-refractivity contribution in [3.63, 3.8) is 0 Å². The second-order valence-electron chi connectivity index (χ2n) is 4.80. The van der Waals surface area contributed by atoms with E-state index in [1.807, 2.05) is 13.8 Å². The van der Waals surface area contributed by atoms with E-state index in [-0.39, 0.29) is 5.54 Å². The lowest BCUT2D eigenvalue weighted by Gasteiger charge is -2.21. The molecule has 1 aromatic carbocycles. The highest BCUT2D eigenvalue weighted by Crippen LogP contribution is 2.30. The molecule has 0 aliphatic heterocycles. The molecule has 90 valence electrons. The third kappa shape index (κ3) is 3.42. The number of hydrogen-bond acceptors (Lipinski definition) is 3. The number of benzene rings is 1. The van der Waals surface area contributed by atoms with Gasteiger partial charge in [0.05, 0.1) is 7.11 Å². The Labute approximate surface area is 103 Å². The van der Waals surface area contributed by atoms with Crippen LogP contribution in [-0.2, 0) is 6.42 Å². The Morgan fingerprint density at radius 3 is 2.44 bits per heavy atom. The van der Waals surface area contributed by atoms with Crippen LogP contribution in [0, 0.1) is 6.92 Å². The van der Waals surface area contributed by atoms with Gasteiger partial charge in [-0.1, -0.05) is 0 Å². The van der Waals surface area contributed by atoms with Gasteiger partial charge in [-0.3, -0.25) is 0 Å². The number of methoxy groups -OCH3 is 1. The molecule has 2 N–H and O–H groups in total. The second-order valence-corrected chi connectivity index (χ2v) is 5.65. The first kappa shape index (κ1) is 13.4. The Hall–Kier alpha value is -0.670. The highest BCUT2D eigenvalue weighted by atomic mass is 32.2. The van der Waals surface area contributed by atoms with Crippen molar-refractivity contribution in [2.45, 2.75) is 37.6 Å². The molecule has 16 heavy (non-hydrogen) atoms. The fraction of sp³-hybridized carbons (Fsp3) is 0.538. The summed E-state index contributed by atoms with van der Waals surface area (Å²) in [7, 11) is 1.71. The number of thioether (sulfide) groups is 1. The molecule has 0 unspecified atom stereocenters. The van der Waals surface area contributed by atoms with E-state index < -0.39 is 0 Å². The third-order valence-corrected chi connectivity index (χ3v) is 3.32. The quantitative estimate of drug-likeness (QED) is 0.820. The topological polar surface area (TPSA) is 35.2 Å². The molecule has 0 aliphatic carbocycles. The van der Waals surface area contributed by atoms with Gasteiger partial charge in [-0.05, 0) is 56.7 Å². The number of nitrogens with two attached hydrogens (primary N) is 1. The fourth-order valence-electron chi connectivity index (χ4n) is 1.74. The number of aryl methyl sites for hydroxylation is 1. The summed E-state index contributed by atoms with van der Waals surface area (Å²) in [5.41, 5.74) is 8.29. The SMILES string of the molecule is COc1cc(C)c(SC)cc1CC(C)(C)N. The molecular weight excluding hydrogens is 218 g/mol. The van der Waals surface area contributed by atoms with E-state index >= 15 is 0 Å². The van der Waals surface area contributed by atoms with Gasteiger partial charge in [0.25, 0.3) is 0 Å². The van der Waals surface area contributed by atoms with Crippen molar-refractivity contribution in [3.8, 4) is 5.75 Å². The second kappa shape index (κ2) is 5.11. The molecule has 0 heterocycles. The first-order chi connectivity index (χ1) is 7.37. The first-order valence-corrected chi connectivity index (χ1v) is 6.60. The predicted molar refractivity (Wildman–Crippen MR) is 71.5 cm³/mol. The fourth-order valence-corrected chi connectivity index (χ4v) is 2.38. The lowest BCUT2D eigenvalue weighted by Crippen LogP contribution is -2.34. The van der Waals surface area contributed by atoms with Crippen LogP contribution in [0.1, 0.15) is 25.0 Å². The minimum absolute atomic E-state index is 0.210. The van der Waals surface area contributed by atoms with Crippen LogP contribution in [0.4, 0.5) is 0 Å². The molecule has 0 amide bonds. The summed E-state index contributed by atoms with van der Waals surface area (Å²) in [4.78, 5) is 1.29. The monoisotopic (exact) mass is 239 g/mol. The summed E-state index contributed by atoms with van der Waals surface area (Å²) in [6, 6.07) is 4.28. The Balaban J connectivity index is 3.15.